The van der Waals surface area contributed by atoms with E-state index in [2.05, 4.69) is 67.9 Å². The smallest absolute Gasteiger partial charge is 0.328 e. The van der Waals surface area contributed by atoms with Crippen molar-refractivity contribution in [3.63, 3.8) is 0 Å². The number of carbonyl (C=O) groups excluding carboxylic acids is 2. The molecule has 0 aliphatic carbocycles. The Morgan fingerprint density at radius 1 is 1.09 bits per heavy atom. The van der Waals surface area contributed by atoms with E-state index < -0.39 is 26.1 Å². The number of aromatic nitrogens is 1. The van der Waals surface area contributed by atoms with Crippen LogP contribution in [0, 0.1) is 11.5 Å². The van der Waals surface area contributed by atoms with Crippen molar-refractivity contribution in [2.75, 3.05) is 7.11 Å². The summed E-state index contributed by atoms with van der Waals surface area (Å²) < 4.78 is 7.03. The van der Waals surface area contributed by atoms with Gasteiger partial charge in [-0.2, -0.15) is 0 Å². The minimum absolute atomic E-state index is 0.353. The van der Waals surface area contributed by atoms with Crippen LogP contribution in [-0.4, -0.2) is 43.0 Å². The number of ether oxygens (including phenoxy) is 1. The highest BCUT2D eigenvalue weighted by Gasteiger charge is 2.43. The maximum atomic E-state index is 13.5. The number of rotatable bonds is 2. The Kier molecular flexibility index (Phi) is 6.58. The van der Waals surface area contributed by atoms with E-state index >= 15 is 0 Å². The van der Waals surface area contributed by atoms with Crippen LogP contribution in [0.1, 0.15) is 22.9 Å². The standard InChI is InChI=1S/C25H24Br2N2O3Si/c1-32-25(31)21-14-19-18-13-17(27)9-10-20(18)28-23(19)24(15-5-7-16(26)8-6-15)29(21)22(30)11-12-33(2,3)4/h5-10,13,21,24,28H,14H2,1-4H3/t21?,24-/m1/s1. The Balaban J connectivity index is 1.97. The van der Waals surface area contributed by atoms with Gasteiger partial charge in [-0.15, -0.1) is 5.54 Å². The SMILES string of the molecule is COC(=O)C1Cc2c([nH]c3ccc(Br)cc23)[C@@H](c2ccc(Br)cc2)N1C(=O)C#C[Si](C)(C)C. The molecule has 3 aromatic rings. The van der Waals surface area contributed by atoms with E-state index in [-0.39, 0.29) is 5.91 Å². The largest absolute Gasteiger partial charge is 0.467 e. The zero-order chi connectivity index (χ0) is 23.9. The third kappa shape index (κ3) is 4.81. The van der Waals surface area contributed by atoms with Crippen molar-refractivity contribution >= 4 is 62.7 Å². The Labute approximate surface area is 211 Å². The molecule has 1 aliphatic rings. The van der Waals surface area contributed by atoms with Gasteiger partial charge in [-0.25, -0.2) is 4.79 Å². The molecule has 1 aliphatic heterocycles. The number of benzene rings is 2. The van der Waals surface area contributed by atoms with Gasteiger partial charge in [0, 0.05) is 32.0 Å². The first kappa shape index (κ1) is 23.8. The van der Waals surface area contributed by atoms with E-state index in [4.69, 9.17) is 4.74 Å². The highest BCUT2D eigenvalue weighted by Crippen LogP contribution is 2.42. The Morgan fingerprint density at radius 3 is 2.39 bits per heavy atom. The number of fused-ring (bicyclic) bond motifs is 3. The first-order valence-electron chi connectivity index (χ1n) is 10.6. The van der Waals surface area contributed by atoms with E-state index in [1.165, 1.54) is 7.11 Å². The van der Waals surface area contributed by atoms with Crippen LogP contribution in [0.5, 0.6) is 0 Å². The van der Waals surface area contributed by atoms with E-state index in [1.807, 2.05) is 42.5 Å². The summed E-state index contributed by atoms with van der Waals surface area (Å²) in [7, 11) is -0.442. The van der Waals surface area contributed by atoms with Gasteiger partial charge in [0.05, 0.1) is 13.2 Å². The maximum absolute atomic E-state index is 13.5. The summed E-state index contributed by atoms with van der Waals surface area (Å²) in [6.07, 6.45) is 0.353. The lowest BCUT2D eigenvalue weighted by molar-refractivity contribution is -0.153. The van der Waals surface area contributed by atoms with Crippen molar-refractivity contribution in [3.8, 4) is 11.5 Å². The molecule has 0 radical (unpaired) electrons. The lowest BCUT2D eigenvalue weighted by atomic mass is 9.88. The average Bonchev–Trinajstić information content (AvgIpc) is 3.13. The van der Waals surface area contributed by atoms with Gasteiger partial charge in [0.15, 0.2) is 0 Å². The van der Waals surface area contributed by atoms with Crippen molar-refractivity contribution in [1.82, 2.24) is 9.88 Å². The highest BCUT2D eigenvalue weighted by atomic mass is 79.9. The molecule has 0 spiro atoms. The lowest BCUT2D eigenvalue weighted by Gasteiger charge is -2.40. The second-order valence-corrected chi connectivity index (χ2v) is 15.7. The van der Waals surface area contributed by atoms with Crippen LogP contribution in [-0.2, 0) is 20.7 Å². The molecule has 2 heterocycles. The van der Waals surface area contributed by atoms with Gasteiger partial charge in [-0.05, 0) is 47.4 Å². The van der Waals surface area contributed by atoms with Crippen LogP contribution in [0.15, 0.2) is 51.4 Å². The van der Waals surface area contributed by atoms with Gasteiger partial charge in [0.2, 0.25) is 0 Å². The Bertz CT molecular complexity index is 1300. The van der Waals surface area contributed by atoms with Crippen LogP contribution < -0.4 is 0 Å². The first-order valence-corrected chi connectivity index (χ1v) is 15.7. The molecule has 2 atom stereocenters. The molecule has 0 bridgehead atoms. The summed E-state index contributed by atoms with van der Waals surface area (Å²) in [6, 6.07) is 12.5. The molecule has 33 heavy (non-hydrogen) atoms. The number of methoxy groups -OCH3 is 1. The summed E-state index contributed by atoms with van der Waals surface area (Å²) in [5, 5.41) is 1.02. The highest BCUT2D eigenvalue weighted by molar-refractivity contribution is 9.10. The normalized spacial score (nSPS) is 17.8. The molecule has 1 unspecified atom stereocenters. The molecule has 2 aromatic carbocycles. The number of carbonyl (C=O) groups is 2. The first-order chi connectivity index (χ1) is 15.6. The molecule has 0 fully saturated rings. The second kappa shape index (κ2) is 9.13. The molecular weight excluding hydrogens is 564 g/mol. The number of nitrogens with one attached hydrogen (secondary N) is 1. The van der Waals surface area contributed by atoms with Gasteiger partial charge in [0.1, 0.15) is 14.1 Å². The van der Waals surface area contributed by atoms with E-state index in [9.17, 15) is 9.59 Å². The van der Waals surface area contributed by atoms with Crippen molar-refractivity contribution in [2.45, 2.75) is 38.1 Å². The van der Waals surface area contributed by atoms with Gasteiger partial charge in [-0.1, -0.05) is 63.6 Å². The molecule has 1 amide bonds. The molecule has 8 heteroatoms. The Morgan fingerprint density at radius 2 is 1.76 bits per heavy atom. The van der Waals surface area contributed by atoms with Gasteiger partial charge in [0.25, 0.3) is 5.91 Å². The van der Waals surface area contributed by atoms with Crippen molar-refractivity contribution in [2.24, 2.45) is 0 Å². The van der Waals surface area contributed by atoms with Gasteiger partial charge >= 0.3 is 5.97 Å². The molecule has 170 valence electrons. The summed E-state index contributed by atoms with van der Waals surface area (Å²) in [5.41, 5.74) is 6.91. The van der Waals surface area contributed by atoms with Crippen molar-refractivity contribution < 1.29 is 14.3 Å². The number of nitrogens with zero attached hydrogens (tertiary/aromatic N) is 1. The summed E-state index contributed by atoms with van der Waals surface area (Å²) in [4.78, 5) is 31.6. The average molecular weight is 588 g/mol. The number of halogens is 2. The van der Waals surface area contributed by atoms with E-state index in [0.717, 1.165) is 36.7 Å². The number of esters is 1. The molecule has 1 aromatic heterocycles. The Hall–Kier alpha value is -2.34. The minimum Gasteiger partial charge on any atom is -0.467 e. The van der Waals surface area contributed by atoms with Crippen LogP contribution >= 0.6 is 31.9 Å². The predicted octanol–water partition coefficient (Wildman–Crippen LogP) is 5.59. The summed E-state index contributed by atoms with van der Waals surface area (Å²) >= 11 is 7.04. The summed E-state index contributed by atoms with van der Waals surface area (Å²) in [5.74, 6) is 2.03. The van der Waals surface area contributed by atoms with Crippen LogP contribution in [0.25, 0.3) is 10.9 Å². The number of H-pyrrole nitrogens is 1. The number of amides is 1. The zero-order valence-electron chi connectivity index (χ0n) is 18.8. The number of aromatic amines is 1. The second-order valence-electron chi connectivity index (χ2n) is 9.12. The van der Waals surface area contributed by atoms with E-state index in [1.54, 1.807) is 4.90 Å². The molecule has 4 rings (SSSR count). The number of hydrogen-bond donors (Lipinski definition) is 1. The van der Waals surface area contributed by atoms with Crippen molar-refractivity contribution in [3.05, 3.63) is 68.2 Å². The molecule has 1 N–H and O–H groups in total. The van der Waals surface area contributed by atoms with Crippen molar-refractivity contribution in [1.29, 1.82) is 0 Å². The molecular formula is C25H24Br2N2O3Si. The monoisotopic (exact) mass is 586 g/mol. The molecule has 0 saturated heterocycles. The van der Waals surface area contributed by atoms with E-state index in [0.29, 0.717) is 6.42 Å². The number of hydrogen-bond acceptors (Lipinski definition) is 3. The quantitative estimate of drug-likeness (QED) is 0.241. The maximum Gasteiger partial charge on any atom is 0.328 e. The zero-order valence-corrected chi connectivity index (χ0v) is 23.0. The van der Waals surface area contributed by atoms with Gasteiger partial charge < -0.3 is 14.6 Å². The fourth-order valence-electron chi connectivity index (χ4n) is 4.17. The fourth-order valence-corrected chi connectivity index (χ4v) is 5.28. The summed E-state index contributed by atoms with van der Waals surface area (Å²) in [6.45, 7) is 6.25. The topological polar surface area (TPSA) is 62.4 Å². The van der Waals surface area contributed by atoms with Gasteiger partial charge in [-0.3, -0.25) is 4.79 Å². The molecule has 5 nitrogen and oxygen atoms in total. The third-order valence-corrected chi connectivity index (χ3v) is 7.52. The third-order valence-electron chi connectivity index (χ3n) is 5.62. The lowest BCUT2D eigenvalue weighted by Crippen LogP contribution is -2.51. The molecule has 0 saturated carbocycles. The van der Waals surface area contributed by atoms with Crippen LogP contribution in [0.2, 0.25) is 19.6 Å². The fraction of sp³-hybridized carbons (Fsp3) is 0.280. The van der Waals surface area contributed by atoms with Crippen LogP contribution in [0.3, 0.4) is 0 Å². The van der Waals surface area contributed by atoms with Crippen LogP contribution in [0.4, 0.5) is 0 Å². The predicted molar refractivity (Wildman–Crippen MR) is 139 cm³/mol. The minimum atomic E-state index is -1.80.